The molecule has 0 aliphatic carbocycles. The highest BCUT2D eigenvalue weighted by Crippen LogP contribution is 2.36. The van der Waals surface area contributed by atoms with Crippen molar-refractivity contribution in [2.24, 2.45) is 0 Å². The van der Waals surface area contributed by atoms with Crippen molar-refractivity contribution >= 4 is 56.5 Å². The number of carbonyl (C=O) groups is 2. The summed E-state index contributed by atoms with van der Waals surface area (Å²) < 4.78 is 2.19. The number of fused-ring (bicyclic) bond motifs is 3. The van der Waals surface area contributed by atoms with E-state index >= 15 is 0 Å². The molecule has 0 bridgehead atoms. The molecule has 0 saturated heterocycles. The smallest absolute Gasteiger partial charge is 0.301 e. The van der Waals surface area contributed by atoms with E-state index in [1.165, 1.54) is 0 Å². The first-order valence-corrected chi connectivity index (χ1v) is 9.98. The summed E-state index contributed by atoms with van der Waals surface area (Å²) in [6.45, 7) is 2.88. The first-order valence-electron chi connectivity index (χ1n) is 9.60. The number of halogens is 1. The molecule has 148 valence electrons. The summed E-state index contributed by atoms with van der Waals surface area (Å²) in [4.78, 5) is 26.9. The molecule has 0 saturated carbocycles. The van der Waals surface area contributed by atoms with Crippen LogP contribution in [0.3, 0.4) is 0 Å². The minimum absolute atomic E-state index is 0.0206. The van der Waals surface area contributed by atoms with Gasteiger partial charge in [0.1, 0.15) is 0 Å². The molecule has 2 heterocycles. The van der Waals surface area contributed by atoms with Crippen LogP contribution in [0.5, 0.6) is 0 Å². The molecule has 3 aromatic carbocycles. The van der Waals surface area contributed by atoms with E-state index in [2.05, 4.69) is 17.6 Å². The topological polar surface area (TPSA) is 62.5 Å². The largest absolute Gasteiger partial charge is 0.502 e. The Morgan fingerprint density at radius 3 is 2.30 bits per heavy atom. The predicted molar refractivity (Wildman–Crippen MR) is 119 cm³/mol. The molecule has 0 radical (unpaired) electrons. The van der Waals surface area contributed by atoms with E-state index in [9.17, 15) is 14.7 Å². The van der Waals surface area contributed by atoms with E-state index < -0.39 is 17.6 Å². The van der Waals surface area contributed by atoms with Crippen LogP contribution in [-0.2, 0) is 16.1 Å². The Bertz CT molecular complexity index is 1380. The molecule has 1 aliphatic rings. The van der Waals surface area contributed by atoms with Crippen molar-refractivity contribution in [3.63, 3.8) is 0 Å². The van der Waals surface area contributed by atoms with Gasteiger partial charge in [0, 0.05) is 33.4 Å². The minimum atomic E-state index is -0.733. The number of aliphatic hydroxyl groups is 1. The van der Waals surface area contributed by atoms with Crippen molar-refractivity contribution < 1.29 is 14.7 Å². The van der Waals surface area contributed by atoms with Crippen molar-refractivity contribution in [2.75, 3.05) is 4.90 Å². The van der Waals surface area contributed by atoms with Gasteiger partial charge < -0.3 is 9.67 Å². The third kappa shape index (κ3) is 2.56. The standard InChI is InChI=1S/C24H17ClN2O3/c1-2-26-19-6-4-3-5-17(19)18-13-16(11-12-20(18)26)27-23(29)21(22(28)24(27)30)14-7-9-15(25)10-8-14/h3-13,28H,2H2,1H3. The lowest BCUT2D eigenvalue weighted by molar-refractivity contribution is -0.121. The molecular weight excluding hydrogens is 400 g/mol. The zero-order chi connectivity index (χ0) is 21.0. The average molecular weight is 417 g/mol. The van der Waals surface area contributed by atoms with Crippen LogP contribution in [0.2, 0.25) is 5.02 Å². The van der Waals surface area contributed by atoms with Crippen LogP contribution in [0, 0.1) is 0 Å². The van der Waals surface area contributed by atoms with Crippen molar-refractivity contribution in [2.45, 2.75) is 13.5 Å². The van der Waals surface area contributed by atoms with E-state index in [-0.39, 0.29) is 5.57 Å². The number of hydrogen-bond donors (Lipinski definition) is 1. The summed E-state index contributed by atoms with van der Waals surface area (Å²) in [5, 5.41) is 12.9. The van der Waals surface area contributed by atoms with Gasteiger partial charge in [-0.3, -0.25) is 9.59 Å². The fourth-order valence-electron chi connectivity index (χ4n) is 4.15. The second kappa shape index (κ2) is 6.75. The van der Waals surface area contributed by atoms with Gasteiger partial charge in [-0.15, -0.1) is 0 Å². The maximum Gasteiger partial charge on any atom is 0.301 e. The molecule has 5 nitrogen and oxygen atoms in total. The van der Waals surface area contributed by atoms with E-state index in [1.54, 1.807) is 30.3 Å². The van der Waals surface area contributed by atoms with Crippen LogP contribution < -0.4 is 4.90 Å². The number of para-hydroxylation sites is 1. The first kappa shape index (κ1) is 18.5. The molecule has 4 aromatic rings. The highest BCUT2D eigenvalue weighted by Gasteiger charge is 2.40. The van der Waals surface area contributed by atoms with Crippen LogP contribution in [-0.4, -0.2) is 21.5 Å². The maximum atomic E-state index is 13.1. The van der Waals surface area contributed by atoms with Crippen molar-refractivity contribution in [1.29, 1.82) is 0 Å². The van der Waals surface area contributed by atoms with Gasteiger partial charge in [-0.2, -0.15) is 0 Å². The Morgan fingerprint density at radius 1 is 0.867 bits per heavy atom. The number of aliphatic hydroxyl groups excluding tert-OH is 1. The zero-order valence-electron chi connectivity index (χ0n) is 16.1. The summed E-state index contributed by atoms with van der Waals surface area (Å²) in [6, 6.07) is 20.0. The molecule has 6 heteroatoms. The summed E-state index contributed by atoms with van der Waals surface area (Å²) in [5.41, 5.74) is 2.96. The number of rotatable bonds is 3. The lowest BCUT2D eigenvalue weighted by atomic mass is 10.1. The summed E-state index contributed by atoms with van der Waals surface area (Å²) in [7, 11) is 0. The number of amides is 2. The average Bonchev–Trinajstić information content (AvgIpc) is 3.19. The molecule has 5 rings (SSSR count). The summed E-state index contributed by atoms with van der Waals surface area (Å²) in [5.74, 6) is -1.85. The van der Waals surface area contributed by atoms with Crippen LogP contribution >= 0.6 is 11.6 Å². The van der Waals surface area contributed by atoms with Gasteiger partial charge in [0.25, 0.3) is 5.91 Å². The normalized spacial score (nSPS) is 14.5. The number of aryl methyl sites for hydroxylation is 1. The lowest BCUT2D eigenvalue weighted by Gasteiger charge is -2.15. The van der Waals surface area contributed by atoms with Gasteiger partial charge in [-0.1, -0.05) is 41.9 Å². The first-order chi connectivity index (χ1) is 14.5. The summed E-state index contributed by atoms with van der Waals surface area (Å²) >= 11 is 5.92. The fraction of sp³-hybridized carbons (Fsp3) is 0.0833. The molecule has 1 aromatic heterocycles. The van der Waals surface area contributed by atoms with E-state index in [1.807, 2.05) is 30.3 Å². The van der Waals surface area contributed by atoms with E-state index in [0.29, 0.717) is 16.3 Å². The van der Waals surface area contributed by atoms with Crippen molar-refractivity contribution in [3.8, 4) is 0 Å². The maximum absolute atomic E-state index is 13.1. The fourth-order valence-corrected chi connectivity index (χ4v) is 4.28. The van der Waals surface area contributed by atoms with Gasteiger partial charge in [0.05, 0.1) is 11.3 Å². The third-order valence-electron chi connectivity index (χ3n) is 5.52. The van der Waals surface area contributed by atoms with Crippen LogP contribution in [0.1, 0.15) is 12.5 Å². The number of nitrogens with zero attached hydrogens (tertiary/aromatic N) is 2. The summed E-state index contributed by atoms with van der Waals surface area (Å²) in [6.07, 6.45) is 0. The molecule has 0 fully saturated rings. The van der Waals surface area contributed by atoms with Gasteiger partial charge in [0.15, 0.2) is 5.76 Å². The number of imide groups is 1. The molecule has 1 N–H and O–H groups in total. The Hall–Kier alpha value is -3.57. The van der Waals surface area contributed by atoms with Gasteiger partial charge >= 0.3 is 5.91 Å². The number of benzene rings is 3. The SMILES string of the molecule is CCn1c2ccccc2c2cc(N3C(=O)C(O)=C(c4ccc(Cl)cc4)C3=O)ccc21. The number of carbonyl (C=O) groups excluding carboxylic acids is 2. The molecular formula is C24H17ClN2O3. The second-order valence-corrected chi connectivity index (χ2v) is 7.58. The number of aromatic nitrogens is 1. The highest BCUT2D eigenvalue weighted by atomic mass is 35.5. The molecule has 30 heavy (non-hydrogen) atoms. The Morgan fingerprint density at radius 2 is 1.57 bits per heavy atom. The second-order valence-electron chi connectivity index (χ2n) is 7.14. The van der Waals surface area contributed by atoms with Gasteiger partial charge in [-0.25, -0.2) is 4.90 Å². The molecule has 0 spiro atoms. The van der Waals surface area contributed by atoms with E-state index in [0.717, 1.165) is 33.3 Å². The van der Waals surface area contributed by atoms with E-state index in [4.69, 9.17) is 11.6 Å². The molecule has 1 aliphatic heterocycles. The van der Waals surface area contributed by atoms with Gasteiger partial charge in [0.2, 0.25) is 0 Å². The third-order valence-corrected chi connectivity index (χ3v) is 5.77. The van der Waals surface area contributed by atoms with Crippen molar-refractivity contribution in [3.05, 3.63) is 83.1 Å². The molecule has 0 unspecified atom stereocenters. The minimum Gasteiger partial charge on any atom is -0.502 e. The predicted octanol–water partition coefficient (Wildman–Crippen LogP) is 5.31. The zero-order valence-corrected chi connectivity index (χ0v) is 16.8. The van der Waals surface area contributed by atoms with Crippen molar-refractivity contribution in [1.82, 2.24) is 4.57 Å². The van der Waals surface area contributed by atoms with Gasteiger partial charge in [-0.05, 0) is 48.9 Å². The number of hydrogen-bond acceptors (Lipinski definition) is 3. The Balaban J connectivity index is 1.64. The Kier molecular flexibility index (Phi) is 4.15. The quantitative estimate of drug-likeness (QED) is 0.460. The number of anilines is 1. The Labute approximate surface area is 177 Å². The van der Waals surface area contributed by atoms with Crippen LogP contribution in [0.15, 0.2) is 72.5 Å². The lowest BCUT2D eigenvalue weighted by Crippen LogP contribution is -2.31. The van der Waals surface area contributed by atoms with Crippen LogP contribution in [0.4, 0.5) is 5.69 Å². The monoisotopic (exact) mass is 416 g/mol. The molecule has 2 amide bonds. The molecule has 0 atom stereocenters. The van der Waals surface area contributed by atoms with Crippen LogP contribution in [0.25, 0.3) is 27.4 Å². The highest BCUT2D eigenvalue weighted by molar-refractivity contribution is 6.45.